The van der Waals surface area contributed by atoms with Crippen LogP contribution in [0, 0.1) is 5.82 Å². The summed E-state index contributed by atoms with van der Waals surface area (Å²) in [7, 11) is -1.74. The number of halogens is 1. The van der Waals surface area contributed by atoms with Gasteiger partial charge in [0.25, 0.3) is 0 Å². The molecular weight excluding hydrogens is 273 g/mol. The van der Waals surface area contributed by atoms with Gasteiger partial charge in [-0.2, -0.15) is 0 Å². The van der Waals surface area contributed by atoms with Gasteiger partial charge in [0.1, 0.15) is 11.1 Å². The zero-order valence-electron chi connectivity index (χ0n) is 10.5. The maximum atomic E-state index is 13.2. The highest BCUT2D eigenvalue weighted by atomic mass is 32.2. The molecule has 2 N–H and O–H groups in total. The summed E-state index contributed by atoms with van der Waals surface area (Å²) in [6, 6.07) is 3.14. The van der Waals surface area contributed by atoms with Gasteiger partial charge in [0.15, 0.2) is 0 Å². The fraction of sp³-hybridized carbons (Fsp3) is 0.333. The molecule has 2 unspecified atom stereocenters. The topological polar surface area (TPSA) is 83.5 Å². The Hall–Kier alpha value is -1.76. The van der Waals surface area contributed by atoms with E-state index in [1.165, 1.54) is 13.0 Å². The fourth-order valence-electron chi connectivity index (χ4n) is 1.41. The van der Waals surface area contributed by atoms with Gasteiger partial charge in [-0.1, -0.05) is 0 Å². The summed E-state index contributed by atoms with van der Waals surface area (Å²) in [5.41, 5.74) is -0.561. The van der Waals surface area contributed by atoms with E-state index in [4.69, 9.17) is 5.11 Å². The van der Waals surface area contributed by atoms with Crippen LogP contribution < -0.4 is 5.32 Å². The quantitative estimate of drug-likeness (QED) is 0.851. The summed E-state index contributed by atoms with van der Waals surface area (Å²) in [6.45, 7) is 3.60. The molecule has 1 aromatic rings. The van der Waals surface area contributed by atoms with Crippen molar-refractivity contribution in [3.05, 3.63) is 29.6 Å². The number of benzene rings is 1. The number of rotatable bonds is 5. The molecule has 0 aromatic heterocycles. The first-order valence-corrected chi connectivity index (χ1v) is 6.81. The third kappa shape index (κ3) is 3.60. The zero-order chi connectivity index (χ0) is 14.6. The SMILES string of the molecule is CCNC(=O)C(C)S(=O)c1ccc(F)c(C(=O)O)c1. The smallest absolute Gasteiger partial charge is 0.338 e. The van der Waals surface area contributed by atoms with E-state index >= 15 is 0 Å². The molecule has 104 valence electrons. The van der Waals surface area contributed by atoms with Gasteiger partial charge in [-0.15, -0.1) is 0 Å². The van der Waals surface area contributed by atoms with E-state index in [9.17, 15) is 18.2 Å². The van der Waals surface area contributed by atoms with Crippen LogP contribution in [-0.2, 0) is 15.6 Å². The molecule has 0 bridgehead atoms. The van der Waals surface area contributed by atoms with Gasteiger partial charge in [0, 0.05) is 11.4 Å². The van der Waals surface area contributed by atoms with E-state index < -0.39 is 39.3 Å². The Kier molecular flexibility index (Phi) is 5.17. The highest BCUT2D eigenvalue weighted by Crippen LogP contribution is 2.16. The van der Waals surface area contributed by atoms with E-state index in [1.54, 1.807) is 6.92 Å². The number of hydrogen-bond donors (Lipinski definition) is 2. The Morgan fingerprint density at radius 3 is 2.63 bits per heavy atom. The third-order valence-corrected chi connectivity index (χ3v) is 4.02. The Bertz CT molecular complexity index is 532. The fourth-order valence-corrected chi connectivity index (χ4v) is 2.53. The molecule has 1 rings (SSSR count). The second kappa shape index (κ2) is 6.42. The molecule has 5 nitrogen and oxygen atoms in total. The van der Waals surface area contributed by atoms with Crippen molar-refractivity contribution in [1.82, 2.24) is 5.32 Å². The zero-order valence-corrected chi connectivity index (χ0v) is 11.3. The highest BCUT2D eigenvalue weighted by Gasteiger charge is 2.22. The number of carboxylic acid groups (broad SMARTS) is 1. The molecule has 0 heterocycles. The molecular formula is C12H14FNO4S. The lowest BCUT2D eigenvalue weighted by atomic mass is 10.2. The Balaban J connectivity index is 3.03. The molecule has 0 radical (unpaired) electrons. The van der Waals surface area contributed by atoms with E-state index in [0.717, 1.165) is 12.1 Å². The summed E-state index contributed by atoms with van der Waals surface area (Å²) >= 11 is 0. The molecule has 0 aliphatic carbocycles. The largest absolute Gasteiger partial charge is 0.478 e. The normalized spacial score (nSPS) is 13.6. The maximum Gasteiger partial charge on any atom is 0.338 e. The summed E-state index contributed by atoms with van der Waals surface area (Å²) in [6.07, 6.45) is 0. The van der Waals surface area contributed by atoms with Crippen molar-refractivity contribution < 1.29 is 23.3 Å². The lowest BCUT2D eigenvalue weighted by Crippen LogP contribution is -2.35. The van der Waals surface area contributed by atoms with Crippen LogP contribution in [0.1, 0.15) is 24.2 Å². The van der Waals surface area contributed by atoms with Crippen molar-refractivity contribution in [2.75, 3.05) is 6.54 Å². The maximum absolute atomic E-state index is 13.2. The Morgan fingerprint density at radius 2 is 2.11 bits per heavy atom. The van der Waals surface area contributed by atoms with Gasteiger partial charge in [0.05, 0.1) is 16.4 Å². The standard InChI is InChI=1S/C12H14FNO4S/c1-3-14-11(15)7(2)19(18)8-4-5-10(13)9(6-8)12(16)17/h4-7H,3H2,1-2H3,(H,14,15)(H,16,17). The minimum Gasteiger partial charge on any atom is -0.478 e. The summed E-state index contributed by atoms with van der Waals surface area (Å²) < 4.78 is 25.3. The first kappa shape index (κ1) is 15.3. The molecule has 0 saturated heterocycles. The van der Waals surface area contributed by atoms with E-state index in [2.05, 4.69) is 5.32 Å². The van der Waals surface area contributed by atoms with E-state index in [-0.39, 0.29) is 4.90 Å². The van der Waals surface area contributed by atoms with Gasteiger partial charge < -0.3 is 10.4 Å². The molecule has 1 amide bonds. The van der Waals surface area contributed by atoms with Gasteiger partial charge in [0.2, 0.25) is 5.91 Å². The van der Waals surface area contributed by atoms with Crippen molar-refractivity contribution in [3.63, 3.8) is 0 Å². The molecule has 0 spiro atoms. The van der Waals surface area contributed by atoms with Crippen LogP contribution in [0.5, 0.6) is 0 Å². The highest BCUT2D eigenvalue weighted by molar-refractivity contribution is 7.86. The van der Waals surface area contributed by atoms with Gasteiger partial charge in [-0.3, -0.25) is 9.00 Å². The van der Waals surface area contributed by atoms with Crippen LogP contribution >= 0.6 is 0 Å². The monoisotopic (exact) mass is 287 g/mol. The predicted molar refractivity (Wildman–Crippen MR) is 67.9 cm³/mol. The number of carboxylic acids is 1. The number of hydrogen-bond acceptors (Lipinski definition) is 3. The second-order valence-electron chi connectivity index (χ2n) is 3.78. The molecule has 2 atom stereocenters. The Morgan fingerprint density at radius 1 is 1.47 bits per heavy atom. The summed E-state index contributed by atoms with van der Waals surface area (Å²) in [4.78, 5) is 22.4. The molecule has 0 fully saturated rings. The first-order chi connectivity index (χ1) is 8.88. The van der Waals surface area contributed by atoms with Crippen molar-refractivity contribution in [2.45, 2.75) is 24.0 Å². The van der Waals surface area contributed by atoms with Crippen molar-refractivity contribution in [2.24, 2.45) is 0 Å². The molecule has 0 aliphatic heterocycles. The van der Waals surface area contributed by atoms with Crippen molar-refractivity contribution in [1.29, 1.82) is 0 Å². The molecule has 19 heavy (non-hydrogen) atoms. The lowest BCUT2D eigenvalue weighted by Gasteiger charge is -2.11. The van der Waals surface area contributed by atoms with Crippen LogP contribution in [0.3, 0.4) is 0 Å². The average Bonchev–Trinajstić information content (AvgIpc) is 2.37. The summed E-state index contributed by atoms with van der Waals surface area (Å²) in [5.74, 6) is -2.75. The van der Waals surface area contributed by atoms with Crippen LogP contribution in [0.4, 0.5) is 4.39 Å². The molecule has 0 saturated carbocycles. The number of nitrogens with one attached hydrogen (secondary N) is 1. The average molecular weight is 287 g/mol. The summed E-state index contributed by atoms with van der Waals surface area (Å²) in [5, 5.41) is 10.5. The number of amides is 1. The third-order valence-electron chi connectivity index (χ3n) is 2.44. The number of carbonyl (C=O) groups excluding carboxylic acids is 1. The second-order valence-corrected chi connectivity index (χ2v) is 5.55. The first-order valence-electron chi connectivity index (χ1n) is 5.59. The van der Waals surface area contributed by atoms with Crippen molar-refractivity contribution >= 4 is 22.7 Å². The minimum atomic E-state index is -1.74. The van der Waals surface area contributed by atoms with Gasteiger partial charge in [-0.25, -0.2) is 9.18 Å². The minimum absolute atomic E-state index is 0.109. The van der Waals surface area contributed by atoms with Gasteiger partial charge in [-0.05, 0) is 32.0 Å². The lowest BCUT2D eigenvalue weighted by molar-refractivity contribution is -0.120. The van der Waals surface area contributed by atoms with E-state index in [1.807, 2.05) is 0 Å². The Labute approximate surface area is 112 Å². The van der Waals surface area contributed by atoms with E-state index in [0.29, 0.717) is 6.54 Å². The van der Waals surface area contributed by atoms with Crippen LogP contribution in [0.15, 0.2) is 23.1 Å². The predicted octanol–water partition coefficient (Wildman–Crippen LogP) is 1.16. The van der Waals surface area contributed by atoms with Gasteiger partial charge >= 0.3 is 5.97 Å². The van der Waals surface area contributed by atoms with Crippen LogP contribution in [0.2, 0.25) is 0 Å². The van der Waals surface area contributed by atoms with Crippen LogP contribution in [0.25, 0.3) is 0 Å². The molecule has 0 aliphatic rings. The van der Waals surface area contributed by atoms with Crippen LogP contribution in [-0.4, -0.2) is 33.0 Å². The molecule has 7 heteroatoms. The van der Waals surface area contributed by atoms with Crippen molar-refractivity contribution in [3.8, 4) is 0 Å². The molecule has 1 aromatic carbocycles. The number of aromatic carboxylic acids is 1. The number of carbonyl (C=O) groups is 2.